The van der Waals surface area contributed by atoms with E-state index in [1.165, 1.54) is 11.9 Å². The van der Waals surface area contributed by atoms with Gasteiger partial charge in [-0.15, -0.1) is 0 Å². The first-order valence-corrected chi connectivity index (χ1v) is 7.58. The number of anilines is 3. The molecule has 6 heteroatoms. The summed E-state index contributed by atoms with van der Waals surface area (Å²) in [6.07, 6.45) is 3.13. The maximum Gasteiger partial charge on any atom is 0.248 e. The molecule has 0 unspecified atom stereocenters. The standard InChI is InChI=1S/C18H19N5O/c1-11-6-7-20-15(8-11)23-17-16(19)18(22-10-21-17)24-14-5-4-12(2)13(3)9-14/h4-10H,19H2,1-3H3,(H,20,21,22,23). The van der Waals surface area contributed by atoms with Gasteiger partial charge in [-0.05, 0) is 61.7 Å². The molecule has 2 aromatic heterocycles. The van der Waals surface area contributed by atoms with Crippen LogP contribution in [0.15, 0.2) is 42.9 Å². The van der Waals surface area contributed by atoms with E-state index in [1.54, 1.807) is 6.20 Å². The van der Waals surface area contributed by atoms with Gasteiger partial charge in [0.25, 0.3) is 0 Å². The molecule has 122 valence electrons. The van der Waals surface area contributed by atoms with E-state index in [4.69, 9.17) is 10.5 Å². The van der Waals surface area contributed by atoms with Crippen LogP contribution < -0.4 is 15.8 Å². The molecule has 3 N–H and O–H groups in total. The molecule has 0 atom stereocenters. The van der Waals surface area contributed by atoms with E-state index >= 15 is 0 Å². The smallest absolute Gasteiger partial charge is 0.248 e. The number of nitrogens with one attached hydrogen (secondary N) is 1. The largest absolute Gasteiger partial charge is 0.437 e. The van der Waals surface area contributed by atoms with E-state index in [9.17, 15) is 0 Å². The summed E-state index contributed by atoms with van der Waals surface area (Å²) >= 11 is 0. The average Bonchev–Trinajstić information content (AvgIpc) is 2.55. The van der Waals surface area contributed by atoms with Crippen molar-refractivity contribution in [2.24, 2.45) is 0 Å². The number of nitrogens with two attached hydrogens (primary N) is 1. The Morgan fingerprint density at radius 3 is 2.54 bits per heavy atom. The van der Waals surface area contributed by atoms with E-state index in [2.05, 4.69) is 27.2 Å². The third kappa shape index (κ3) is 3.43. The van der Waals surface area contributed by atoms with Crippen LogP contribution in [-0.4, -0.2) is 15.0 Å². The van der Waals surface area contributed by atoms with Gasteiger partial charge in [0.15, 0.2) is 5.82 Å². The number of nitrogen functional groups attached to an aromatic ring is 1. The molecule has 0 saturated heterocycles. The van der Waals surface area contributed by atoms with E-state index in [-0.39, 0.29) is 0 Å². The number of hydrogen-bond acceptors (Lipinski definition) is 6. The lowest BCUT2D eigenvalue weighted by atomic mass is 10.1. The quantitative estimate of drug-likeness (QED) is 0.757. The second-order valence-electron chi connectivity index (χ2n) is 5.63. The molecule has 2 heterocycles. The van der Waals surface area contributed by atoms with Crippen LogP contribution in [0.25, 0.3) is 0 Å². The van der Waals surface area contributed by atoms with Gasteiger partial charge in [0.2, 0.25) is 5.88 Å². The number of ether oxygens (including phenoxy) is 1. The first-order chi connectivity index (χ1) is 11.5. The summed E-state index contributed by atoms with van der Waals surface area (Å²) in [5.41, 5.74) is 9.91. The number of aromatic nitrogens is 3. The number of rotatable bonds is 4. The average molecular weight is 321 g/mol. The van der Waals surface area contributed by atoms with Crippen molar-refractivity contribution in [3.63, 3.8) is 0 Å². The van der Waals surface area contributed by atoms with Gasteiger partial charge in [0.1, 0.15) is 23.6 Å². The minimum absolute atomic E-state index is 0.309. The highest BCUT2D eigenvalue weighted by Crippen LogP contribution is 2.31. The lowest BCUT2D eigenvalue weighted by Crippen LogP contribution is -2.04. The topological polar surface area (TPSA) is 86.0 Å². The number of nitrogens with zero attached hydrogens (tertiary/aromatic N) is 3. The van der Waals surface area contributed by atoms with Crippen LogP contribution in [0, 0.1) is 20.8 Å². The SMILES string of the molecule is Cc1ccnc(Nc2ncnc(Oc3ccc(C)c(C)c3)c2N)c1. The van der Waals surface area contributed by atoms with E-state index < -0.39 is 0 Å². The van der Waals surface area contributed by atoms with Crippen molar-refractivity contribution in [2.75, 3.05) is 11.1 Å². The summed E-state index contributed by atoms with van der Waals surface area (Å²) in [4.78, 5) is 12.5. The third-order valence-electron chi connectivity index (χ3n) is 3.70. The molecule has 0 aliphatic carbocycles. The Morgan fingerprint density at radius 1 is 0.958 bits per heavy atom. The van der Waals surface area contributed by atoms with Gasteiger partial charge in [0, 0.05) is 6.20 Å². The minimum Gasteiger partial charge on any atom is -0.437 e. The summed E-state index contributed by atoms with van der Waals surface area (Å²) in [5.74, 6) is 2.12. The van der Waals surface area contributed by atoms with E-state index in [0.29, 0.717) is 29.0 Å². The Bertz CT molecular complexity index is 879. The lowest BCUT2D eigenvalue weighted by Gasteiger charge is -2.12. The van der Waals surface area contributed by atoms with Crippen LogP contribution in [0.5, 0.6) is 11.6 Å². The van der Waals surface area contributed by atoms with Crippen LogP contribution in [-0.2, 0) is 0 Å². The number of hydrogen-bond donors (Lipinski definition) is 2. The van der Waals surface area contributed by atoms with Gasteiger partial charge in [-0.3, -0.25) is 0 Å². The molecule has 0 spiro atoms. The predicted molar refractivity (Wildman–Crippen MR) is 94.7 cm³/mol. The van der Waals surface area contributed by atoms with Crippen molar-refractivity contribution in [1.82, 2.24) is 15.0 Å². The van der Waals surface area contributed by atoms with Crippen LogP contribution in [0.2, 0.25) is 0 Å². The van der Waals surface area contributed by atoms with Crippen molar-refractivity contribution in [1.29, 1.82) is 0 Å². The van der Waals surface area contributed by atoms with Crippen molar-refractivity contribution in [2.45, 2.75) is 20.8 Å². The first-order valence-electron chi connectivity index (χ1n) is 7.58. The second-order valence-corrected chi connectivity index (χ2v) is 5.63. The van der Waals surface area contributed by atoms with Crippen molar-refractivity contribution in [3.8, 4) is 11.6 Å². The molecule has 0 amide bonds. The normalized spacial score (nSPS) is 10.5. The van der Waals surface area contributed by atoms with Crippen molar-refractivity contribution >= 4 is 17.3 Å². The van der Waals surface area contributed by atoms with Crippen LogP contribution >= 0.6 is 0 Å². The molecule has 6 nitrogen and oxygen atoms in total. The zero-order valence-corrected chi connectivity index (χ0v) is 13.9. The summed E-state index contributed by atoms with van der Waals surface area (Å²) in [7, 11) is 0. The lowest BCUT2D eigenvalue weighted by molar-refractivity contribution is 0.464. The number of benzene rings is 1. The molecule has 1 aromatic carbocycles. The fourth-order valence-corrected chi connectivity index (χ4v) is 2.18. The number of aryl methyl sites for hydroxylation is 3. The van der Waals surface area contributed by atoms with E-state index in [1.807, 2.05) is 44.2 Å². The molecule has 0 radical (unpaired) electrons. The highest BCUT2D eigenvalue weighted by molar-refractivity contribution is 5.71. The Morgan fingerprint density at radius 2 is 1.79 bits per heavy atom. The van der Waals surface area contributed by atoms with Crippen LogP contribution in [0.1, 0.15) is 16.7 Å². The second kappa shape index (κ2) is 6.54. The molecule has 0 fully saturated rings. The Balaban J connectivity index is 1.86. The maximum atomic E-state index is 6.14. The van der Waals surface area contributed by atoms with Crippen molar-refractivity contribution < 1.29 is 4.74 Å². The molecule has 24 heavy (non-hydrogen) atoms. The molecule has 0 saturated carbocycles. The van der Waals surface area contributed by atoms with Gasteiger partial charge in [0.05, 0.1) is 0 Å². The van der Waals surface area contributed by atoms with Crippen LogP contribution in [0.3, 0.4) is 0 Å². The van der Waals surface area contributed by atoms with Gasteiger partial charge >= 0.3 is 0 Å². The summed E-state index contributed by atoms with van der Waals surface area (Å²) in [6, 6.07) is 9.66. The van der Waals surface area contributed by atoms with Gasteiger partial charge < -0.3 is 15.8 Å². The molecular weight excluding hydrogens is 302 g/mol. The molecule has 3 rings (SSSR count). The fraction of sp³-hybridized carbons (Fsp3) is 0.167. The molecule has 0 aliphatic rings. The molecule has 0 bridgehead atoms. The Kier molecular flexibility index (Phi) is 4.29. The van der Waals surface area contributed by atoms with Gasteiger partial charge in [-0.2, -0.15) is 4.98 Å². The summed E-state index contributed by atoms with van der Waals surface area (Å²) < 4.78 is 5.81. The summed E-state index contributed by atoms with van der Waals surface area (Å²) in [5, 5.41) is 3.09. The fourth-order valence-electron chi connectivity index (χ4n) is 2.18. The monoisotopic (exact) mass is 321 g/mol. The Hall–Kier alpha value is -3.15. The van der Waals surface area contributed by atoms with Gasteiger partial charge in [-0.1, -0.05) is 6.07 Å². The van der Waals surface area contributed by atoms with Gasteiger partial charge in [-0.25, -0.2) is 9.97 Å². The highest BCUT2D eigenvalue weighted by atomic mass is 16.5. The predicted octanol–water partition coefficient (Wildman–Crippen LogP) is 3.91. The summed E-state index contributed by atoms with van der Waals surface area (Å²) in [6.45, 7) is 6.07. The zero-order valence-electron chi connectivity index (χ0n) is 13.9. The molecular formula is C18H19N5O. The highest BCUT2D eigenvalue weighted by Gasteiger charge is 2.11. The maximum absolute atomic E-state index is 6.14. The van der Waals surface area contributed by atoms with Crippen LogP contribution in [0.4, 0.5) is 17.3 Å². The van der Waals surface area contributed by atoms with E-state index in [0.717, 1.165) is 11.1 Å². The first kappa shape index (κ1) is 15.7. The molecule has 0 aliphatic heterocycles. The number of pyridine rings is 1. The third-order valence-corrected chi connectivity index (χ3v) is 3.70. The zero-order chi connectivity index (χ0) is 17.1. The molecule has 3 aromatic rings. The minimum atomic E-state index is 0.309. The van der Waals surface area contributed by atoms with Crippen molar-refractivity contribution in [3.05, 3.63) is 59.5 Å². The Labute approximate surface area is 140 Å².